The van der Waals surface area contributed by atoms with Crippen molar-refractivity contribution in [1.29, 1.82) is 0 Å². The predicted octanol–water partition coefficient (Wildman–Crippen LogP) is 0.784. The first-order valence-electron chi connectivity index (χ1n) is 4.89. The van der Waals surface area contributed by atoms with Crippen molar-refractivity contribution in [2.24, 2.45) is 0 Å². The van der Waals surface area contributed by atoms with Crippen LogP contribution in [0.4, 0.5) is 4.39 Å². The maximum absolute atomic E-state index is 12.1. The molecule has 2 nitrogen and oxygen atoms in total. The van der Waals surface area contributed by atoms with Gasteiger partial charge in [0.2, 0.25) is 0 Å². The number of nitrogens with one attached hydrogen (secondary N) is 1. The van der Waals surface area contributed by atoms with Crippen LogP contribution in [0.3, 0.4) is 0 Å². The van der Waals surface area contributed by atoms with Crippen molar-refractivity contribution in [3.05, 3.63) is 0 Å². The molecule has 0 saturated carbocycles. The molecule has 0 aromatic heterocycles. The summed E-state index contributed by atoms with van der Waals surface area (Å²) in [6.07, 6.45) is 3.78. The Hall–Kier alpha value is -0.150. The zero-order chi connectivity index (χ0) is 8.44. The minimum Gasteiger partial charge on any atom is -0.315 e. The second kappa shape index (κ2) is 3.30. The first kappa shape index (κ1) is 8.45. The molecule has 0 aromatic rings. The van der Waals surface area contributed by atoms with Gasteiger partial charge in [-0.25, -0.2) is 4.39 Å². The van der Waals surface area contributed by atoms with Crippen molar-refractivity contribution in [2.75, 3.05) is 32.9 Å². The van der Waals surface area contributed by atoms with Gasteiger partial charge in [-0.2, -0.15) is 0 Å². The molecule has 2 heterocycles. The van der Waals surface area contributed by atoms with E-state index >= 15 is 0 Å². The Kier molecular flexibility index (Phi) is 2.33. The van der Waals surface area contributed by atoms with Gasteiger partial charge in [-0.1, -0.05) is 0 Å². The number of likely N-dealkylation sites (tertiary alicyclic amines) is 1. The van der Waals surface area contributed by atoms with Gasteiger partial charge in [-0.3, -0.25) is 4.90 Å². The molecule has 2 rings (SSSR count). The Morgan fingerprint density at radius 3 is 2.83 bits per heavy atom. The average Bonchev–Trinajstić information content (AvgIpc) is 2.14. The second-order valence-corrected chi connectivity index (χ2v) is 3.93. The molecule has 2 fully saturated rings. The van der Waals surface area contributed by atoms with Crippen LogP contribution in [-0.2, 0) is 0 Å². The number of nitrogens with zero attached hydrogens (tertiary/aromatic N) is 1. The van der Waals surface area contributed by atoms with Crippen molar-refractivity contribution in [2.45, 2.75) is 24.8 Å². The van der Waals surface area contributed by atoms with E-state index in [1.54, 1.807) is 0 Å². The third-order valence-electron chi connectivity index (χ3n) is 3.32. The molecule has 2 saturated heterocycles. The number of rotatable bonds is 2. The van der Waals surface area contributed by atoms with Gasteiger partial charge in [0, 0.05) is 25.2 Å². The third-order valence-corrected chi connectivity index (χ3v) is 3.32. The lowest BCUT2D eigenvalue weighted by Crippen LogP contribution is -2.66. The van der Waals surface area contributed by atoms with Crippen LogP contribution in [0.1, 0.15) is 19.3 Å². The van der Waals surface area contributed by atoms with E-state index in [0.717, 1.165) is 19.6 Å². The summed E-state index contributed by atoms with van der Waals surface area (Å²) >= 11 is 0. The Balaban J connectivity index is 1.91. The van der Waals surface area contributed by atoms with Gasteiger partial charge in [0.25, 0.3) is 0 Å². The summed E-state index contributed by atoms with van der Waals surface area (Å²) in [7, 11) is 0. The lowest BCUT2D eigenvalue weighted by Gasteiger charge is -2.55. The van der Waals surface area contributed by atoms with E-state index in [-0.39, 0.29) is 6.67 Å². The molecule has 1 N–H and O–H groups in total. The molecule has 1 atom stereocenters. The molecule has 70 valence electrons. The number of alkyl halides is 1. The number of hydrogen-bond acceptors (Lipinski definition) is 2. The predicted molar refractivity (Wildman–Crippen MR) is 47.0 cm³/mol. The Labute approximate surface area is 73.1 Å². The van der Waals surface area contributed by atoms with Crippen LogP contribution in [0.25, 0.3) is 0 Å². The fraction of sp³-hybridized carbons (Fsp3) is 1.00. The fourth-order valence-electron chi connectivity index (χ4n) is 2.47. The summed E-state index contributed by atoms with van der Waals surface area (Å²) in [6.45, 7) is 3.77. The van der Waals surface area contributed by atoms with Gasteiger partial charge in [-0.15, -0.1) is 0 Å². The largest absolute Gasteiger partial charge is 0.315 e. The normalized spacial score (nSPS) is 36.8. The first-order chi connectivity index (χ1) is 5.87. The van der Waals surface area contributed by atoms with Crippen molar-refractivity contribution in [3.63, 3.8) is 0 Å². The average molecular weight is 172 g/mol. The number of halogens is 1. The van der Waals surface area contributed by atoms with Crippen LogP contribution >= 0.6 is 0 Å². The van der Waals surface area contributed by atoms with E-state index < -0.39 is 0 Å². The zero-order valence-corrected chi connectivity index (χ0v) is 7.48. The SMILES string of the molecule is FCCN1CCC12CCCNC2. The van der Waals surface area contributed by atoms with Crippen LogP contribution in [0.2, 0.25) is 0 Å². The number of hydrogen-bond donors (Lipinski definition) is 1. The zero-order valence-electron chi connectivity index (χ0n) is 7.48. The Morgan fingerprint density at radius 1 is 1.42 bits per heavy atom. The van der Waals surface area contributed by atoms with Crippen LogP contribution in [0, 0.1) is 0 Å². The minimum absolute atomic E-state index is 0.193. The molecular weight excluding hydrogens is 155 g/mol. The highest BCUT2D eigenvalue weighted by molar-refractivity contribution is 5.02. The highest BCUT2D eigenvalue weighted by Gasteiger charge is 2.44. The van der Waals surface area contributed by atoms with Crippen LogP contribution < -0.4 is 5.32 Å². The van der Waals surface area contributed by atoms with Crippen LogP contribution in [0.15, 0.2) is 0 Å². The number of piperidine rings is 1. The van der Waals surface area contributed by atoms with E-state index in [1.807, 2.05) is 0 Å². The summed E-state index contributed by atoms with van der Waals surface area (Å²) in [6, 6.07) is 0. The smallest absolute Gasteiger partial charge is 0.102 e. The quantitative estimate of drug-likeness (QED) is 0.662. The topological polar surface area (TPSA) is 15.3 Å². The van der Waals surface area contributed by atoms with Crippen LogP contribution in [0.5, 0.6) is 0 Å². The first-order valence-corrected chi connectivity index (χ1v) is 4.89. The van der Waals surface area contributed by atoms with E-state index in [0.29, 0.717) is 12.1 Å². The van der Waals surface area contributed by atoms with Gasteiger partial charge < -0.3 is 5.32 Å². The molecule has 0 aromatic carbocycles. The summed E-state index contributed by atoms with van der Waals surface area (Å²) in [5.41, 5.74) is 0.352. The molecule has 2 aliphatic rings. The molecule has 0 bridgehead atoms. The van der Waals surface area contributed by atoms with Crippen molar-refractivity contribution in [1.82, 2.24) is 10.2 Å². The van der Waals surface area contributed by atoms with Gasteiger partial charge in [-0.05, 0) is 25.8 Å². The molecular formula is C9H17FN2. The van der Waals surface area contributed by atoms with E-state index in [2.05, 4.69) is 10.2 Å². The molecule has 1 unspecified atom stereocenters. The van der Waals surface area contributed by atoms with Crippen molar-refractivity contribution >= 4 is 0 Å². The lowest BCUT2D eigenvalue weighted by molar-refractivity contribution is -0.0345. The Morgan fingerprint density at radius 2 is 2.33 bits per heavy atom. The van der Waals surface area contributed by atoms with Crippen molar-refractivity contribution < 1.29 is 4.39 Å². The molecule has 2 aliphatic heterocycles. The van der Waals surface area contributed by atoms with E-state index in [1.165, 1.54) is 19.3 Å². The second-order valence-electron chi connectivity index (χ2n) is 3.93. The van der Waals surface area contributed by atoms with E-state index in [4.69, 9.17) is 0 Å². The maximum atomic E-state index is 12.1. The summed E-state index contributed by atoms with van der Waals surface area (Å²) in [5.74, 6) is 0. The molecule has 3 heteroatoms. The van der Waals surface area contributed by atoms with Gasteiger partial charge in [0.15, 0.2) is 0 Å². The minimum atomic E-state index is -0.193. The summed E-state index contributed by atoms with van der Waals surface area (Å²) in [5, 5.41) is 3.40. The lowest BCUT2D eigenvalue weighted by atomic mass is 9.78. The van der Waals surface area contributed by atoms with Gasteiger partial charge in [0.1, 0.15) is 6.67 Å². The Bertz CT molecular complexity index is 155. The fourth-order valence-corrected chi connectivity index (χ4v) is 2.47. The van der Waals surface area contributed by atoms with Gasteiger partial charge >= 0.3 is 0 Å². The molecule has 0 radical (unpaired) electrons. The highest BCUT2D eigenvalue weighted by Crippen LogP contribution is 2.35. The highest BCUT2D eigenvalue weighted by atomic mass is 19.1. The maximum Gasteiger partial charge on any atom is 0.102 e. The monoisotopic (exact) mass is 172 g/mol. The summed E-state index contributed by atoms with van der Waals surface area (Å²) in [4.78, 5) is 2.30. The standard InChI is InChI=1S/C9H17FN2/c10-4-7-12-6-3-9(12)2-1-5-11-8-9/h11H,1-8H2. The molecule has 12 heavy (non-hydrogen) atoms. The molecule has 0 amide bonds. The molecule has 1 spiro atoms. The van der Waals surface area contributed by atoms with Crippen LogP contribution in [-0.4, -0.2) is 43.3 Å². The van der Waals surface area contributed by atoms with Gasteiger partial charge in [0.05, 0.1) is 0 Å². The van der Waals surface area contributed by atoms with E-state index in [9.17, 15) is 4.39 Å². The molecule has 0 aliphatic carbocycles. The summed E-state index contributed by atoms with van der Waals surface area (Å²) < 4.78 is 12.1. The van der Waals surface area contributed by atoms with Crippen molar-refractivity contribution in [3.8, 4) is 0 Å². The third kappa shape index (κ3) is 1.25.